The molecule has 0 aliphatic carbocycles. The monoisotopic (exact) mass is 317 g/mol. The molecule has 5 nitrogen and oxygen atoms in total. The standard InChI is InChI=1S/C18H23NO4/c1-12-10-15(13(2)23-12)18(3,21)11-19-17(20)16(22-4)14-8-6-5-7-9-14/h5-10,16,21H,11H2,1-4H3,(H,19,20). The number of hydrogen-bond acceptors (Lipinski definition) is 4. The maximum Gasteiger partial charge on any atom is 0.253 e. The molecule has 5 heteroatoms. The summed E-state index contributed by atoms with van der Waals surface area (Å²) < 4.78 is 10.7. The molecule has 0 saturated carbocycles. The first kappa shape index (κ1) is 17.2. The number of ether oxygens (including phenoxy) is 1. The molecule has 1 amide bonds. The largest absolute Gasteiger partial charge is 0.466 e. The molecule has 1 aromatic heterocycles. The van der Waals surface area contributed by atoms with Crippen molar-refractivity contribution in [2.75, 3.05) is 13.7 Å². The third kappa shape index (κ3) is 4.00. The molecule has 1 heterocycles. The first-order valence-corrected chi connectivity index (χ1v) is 7.50. The van der Waals surface area contributed by atoms with Gasteiger partial charge in [0.05, 0.1) is 6.54 Å². The minimum absolute atomic E-state index is 0.0678. The lowest BCUT2D eigenvalue weighted by molar-refractivity contribution is -0.132. The van der Waals surface area contributed by atoms with Gasteiger partial charge in [0.2, 0.25) is 0 Å². The molecule has 1 aromatic carbocycles. The van der Waals surface area contributed by atoms with Crippen LogP contribution in [0.5, 0.6) is 0 Å². The SMILES string of the molecule is COC(C(=O)NCC(C)(O)c1cc(C)oc1C)c1ccccc1. The van der Waals surface area contributed by atoms with Crippen LogP contribution in [0.15, 0.2) is 40.8 Å². The van der Waals surface area contributed by atoms with E-state index >= 15 is 0 Å². The van der Waals surface area contributed by atoms with Crippen LogP contribution >= 0.6 is 0 Å². The third-order valence-electron chi connectivity index (χ3n) is 3.80. The molecule has 124 valence electrons. The fourth-order valence-electron chi connectivity index (χ4n) is 2.63. The summed E-state index contributed by atoms with van der Waals surface area (Å²) in [5.41, 5.74) is 0.221. The van der Waals surface area contributed by atoms with Crippen LogP contribution in [0.1, 0.15) is 35.7 Å². The van der Waals surface area contributed by atoms with Gasteiger partial charge in [0.25, 0.3) is 5.91 Å². The lowest BCUT2D eigenvalue weighted by atomic mass is 9.96. The molecular formula is C18H23NO4. The van der Waals surface area contributed by atoms with Crippen LogP contribution in [-0.4, -0.2) is 24.7 Å². The molecule has 0 spiro atoms. The van der Waals surface area contributed by atoms with Gasteiger partial charge in [-0.15, -0.1) is 0 Å². The van der Waals surface area contributed by atoms with Crippen LogP contribution in [0.3, 0.4) is 0 Å². The molecule has 0 aliphatic rings. The first-order valence-electron chi connectivity index (χ1n) is 7.50. The van der Waals surface area contributed by atoms with E-state index in [9.17, 15) is 9.90 Å². The Morgan fingerprint density at radius 1 is 1.35 bits per heavy atom. The smallest absolute Gasteiger partial charge is 0.253 e. The van der Waals surface area contributed by atoms with Gasteiger partial charge in [-0.25, -0.2) is 0 Å². The number of methoxy groups -OCH3 is 1. The molecule has 23 heavy (non-hydrogen) atoms. The van der Waals surface area contributed by atoms with Crippen LogP contribution in [-0.2, 0) is 15.1 Å². The van der Waals surface area contributed by atoms with E-state index in [0.717, 1.165) is 11.3 Å². The van der Waals surface area contributed by atoms with Crippen molar-refractivity contribution in [3.63, 3.8) is 0 Å². The second-order valence-electron chi connectivity index (χ2n) is 5.84. The van der Waals surface area contributed by atoms with Crippen LogP contribution in [0.2, 0.25) is 0 Å². The number of benzene rings is 1. The van der Waals surface area contributed by atoms with E-state index in [1.807, 2.05) is 37.3 Å². The van der Waals surface area contributed by atoms with Gasteiger partial charge in [-0.2, -0.15) is 0 Å². The van der Waals surface area contributed by atoms with Crippen LogP contribution < -0.4 is 5.32 Å². The van der Waals surface area contributed by atoms with Crippen molar-refractivity contribution in [2.24, 2.45) is 0 Å². The van der Waals surface area contributed by atoms with Crippen LogP contribution in [0.4, 0.5) is 0 Å². The molecule has 2 atom stereocenters. The van der Waals surface area contributed by atoms with Crippen molar-refractivity contribution in [2.45, 2.75) is 32.5 Å². The number of hydrogen-bond donors (Lipinski definition) is 2. The summed E-state index contributed by atoms with van der Waals surface area (Å²) in [6.45, 7) is 5.33. The number of carbonyl (C=O) groups excluding carboxylic acids is 1. The van der Waals surface area contributed by atoms with Gasteiger partial charge in [-0.1, -0.05) is 30.3 Å². The lowest BCUT2D eigenvalue weighted by Crippen LogP contribution is -2.41. The van der Waals surface area contributed by atoms with Crippen molar-refractivity contribution in [3.05, 3.63) is 59.0 Å². The summed E-state index contributed by atoms with van der Waals surface area (Å²) in [4.78, 5) is 12.4. The number of nitrogens with one attached hydrogen (secondary N) is 1. The van der Waals surface area contributed by atoms with Crippen LogP contribution in [0, 0.1) is 13.8 Å². The Labute approximate surface area is 136 Å². The fraction of sp³-hybridized carbons (Fsp3) is 0.389. The zero-order valence-corrected chi connectivity index (χ0v) is 13.9. The maximum atomic E-state index is 12.4. The van der Waals surface area contributed by atoms with E-state index in [4.69, 9.17) is 9.15 Å². The predicted molar refractivity (Wildman–Crippen MR) is 87.0 cm³/mol. The van der Waals surface area contributed by atoms with Gasteiger partial charge in [0, 0.05) is 12.7 Å². The molecular weight excluding hydrogens is 294 g/mol. The van der Waals surface area contributed by atoms with E-state index in [0.29, 0.717) is 11.3 Å². The molecule has 2 N–H and O–H groups in total. The Kier molecular flexibility index (Phi) is 5.23. The van der Waals surface area contributed by atoms with E-state index in [1.165, 1.54) is 7.11 Å². The number of aliphatic hydroxyl groups is 1. The Hall–Kier alpha value is -2.11. The van der Waals surface area contributed by atoms with E-state index in [-0.39, 0.29) is 12.5 Å². The summed E-state index contributed by atoms with van der Waals surface area (Å²) in [6, 6.07) is 11.0. The Bertz CT molecular complexity index is 661. The quantitative estimate of drug-likeness (QED) is 0.859. The Morgan fingerprint density at radius 3 is 2.52 bits per heavy atom. The van der Waals surface area contributed by atoms with Crippen molar-refractivity contribution in [1.29, 1.82) is 0 Å². The molecule has 0 fully saturated rings. The molecule has 0 radical (unpaired) electrons. The fourth-order valence-corrected chi connectivity index (χ4v) is 2.63. The molecule has 2 unspecified atom stereocenters. The van der Waals surface area contributed by atoms with E-state index < -0.39 is 11.7 Å². The van der Waals surface area contributed by atoms with Gasteiger partial charge in [0.15, 0.2) is 6.10 Å². The molecule has 2 aromatic rings. The first-order chi connectivity index (χ1) is 10.8. The van der Waals surface area contributed by atoms with Crippen molar-refractivity contribution in [1.82, 2.24) is 5.32 Å². The molecule has 2 rings (SSSR count). The van der Waals surface area contributed by atoms with Gasteiger partial charge in [-0.05, 0) is 32.4 Å². The Morgan fingerprint density at radius 2 is 2.00 bits per heavy atom. The van der Waals surface area contributed by atoms with E-state index in [2.05, 4.69) is 5.32 Å². The summed E-state index contributed by atoms with van der Waals surface area (Å²) in [5, 5.41) is 13.4. The van der Waals surface area contributed by atoms with Gasteiger partial charge in [0.1, 0.15) is 17.1 Å². The Balaban J connectivity index is 2.07. The zero-order chi connectivity index (χ0) is 17.0. The minimum atomic E-state index is -1.22. The van der Waals surface area contributed by atoms with Gasteiger partial charge < -0.3 is 19.6 Å². The summed E-state index contributed by atoms with van der Waals surface area (Å²) in [6.07, 6.45) is -0.709. The number of furan rings is 1. The second kappa shape index (κ2) is 6.98. The van der Waals surface area contributed by atoms with Gasteiger partial charge in [-0.3, -0.25) is 4.79 Å². The maximum absolute atomic E-state index is 12.4. The molecule has 0 saturated heterocycles. The minimum Gasteiger partial charge on any atom is -0.466 e. The second-order valence-corrected chi connectivity index (χ2v) is 5.84. The number of aryl methyl sites for hydroxylation is 2. The lowest BCUT2D eigenvalue weighted by Gasteiger charge is -2.25. The highest BCUT2D eigenvalue weighted by Crippen LogP contribution is 2.26. The number of amides is 1. The highest BCUT2D eigenvalue weighted by molar-refractivity contribution is 5.82. The predicted octanol–water partition coefficient (Wildman–Crippen LogP) is 2.61. The average molecular weight is 317 g/mol. The molecule has 0 bridgehead atoms. The highest BCUT2D eigenvalue weighted by Gasteiger charge is 2.29. The van der Waals surface area contributed by atoms with Crippen molar-refractivity contribution < 1.29 is 19.1 Å². The third-order valence-corrected chi connectivity index (χ3v) is 3.80. The summed E-state index contributed by atoms with van der Waals surface area (Å²) in [5.74, 6) is 1.08. The zero-order valence-electron chi connectivity index (χ0n) is 13.9. The summed E-state index contributed by atoms with van der Waals surface area (Å²) >= 11 is 0. The van der Waals surface area contributed by atoms with E-state index in [1.54, 1.807) is 19.9 Å². The number of rotatable bonds is 6. The topological polar surface area (TPSA) is 71.7 Å². The average Bonchev–Trinajstić information content (AvgIpc) is 2.87. The normalized spacial score (nSPS) is 15.0. The summed E-state index contributed by atoms with van der Waals surface area (Å²) in [7, 11) is 1.49. The highest BCUT2D eigenvalue weighted by atomic mass is 16.5. The van der Waals surface area contributed by atoms with Crippen LogP contribution in [0.25, 0.3) is 0 Å². The molecule has 0 aliphatic heterocycles. The van der Waals surface area contributed by atoms with Gasteiger partial charge >= 0.3 is 0 Å². The number of carbonyl (C=O) groups is 1. The van der Waals surface area contributed by atoms with Crippen molar-refractivity contribution >= 4 is 5.91 Å². The van der Waals surface area contributed by atoms with Crippen molar-refractivity contribution in [3.8, 4) is 0 Å².